The second-order valence-electron chi connectivity index (χ2n) is 8.11. The lowest BCUT2D eigenvalue weighted by molar-refractivity contribution is 0.615. The minimum atomic E-state index is 0.661. The minimum absolute atomic E-state index is 0.661. The highest BCUT2D eigenvalue weighted by Crippen LogP contribution is 2.32. The summed E-state index contributed by atoms with van der Waals surface area (Å²) in [5.41, 5.74) is 7.82. The minimum Gasteiger partial charge on any atom is -0.464 e. The summed E-state index contributed by atoms with van der Waals surface area (Å²) in [4.78, 5) is 9.03. The number of nitrogens with zero attached hydrogens (tertiary/aromatic N) is 2. The number of hydrogen-bond acceptors (Lipinski definition) is 6. The maximum atomic E-state index is 5.54. The Balaban J connectivity index is 1.24. The third-order valence-corrected chi connectivity index (χ3v) is 5.89. The molecular weight excluding hydrogens is 424 g/mol. The van der Waals surface area contributed by atoms with Gasteiger partial charge in [-0.05, 0) is 59.7 Å². The lowest BCUT2D eigenvalue weighted by atomic mass is 10.1. The van der Waals surface area contributed by atoms with Crippen molar-refractivity contribution in [1.29, 1.82) is 0 Å². The summed E-state index contributed by atoms with van der Waals surface area (Å²) < 4.78 is 11.0. The van der Waals surface area contributed by atoms with E-state index in [-0.39, 0.29) is 0 Å². The Morgan fingerprint density at radius 3 is 2.41 bits per heavy atom. The molecule has 6 aromatic rings. The third kappa shape index (κ3) is 3.97. The number of fused-ring (bicyclic) bond motifs is 2. The van der Waals surface area contributed by atoms with Gasteiger partial charge in [0, 0.05) is 41.8 Å². The molecule has 6 rings (SSSR count). The molecule has 6 nitrogen and oxygen atoms in total. The maximum Gasteiger partial charge on any atom is 0.134 e. The average Bonchev–Trinajstić information content (AvgIpc) is 3.55. The largest absolute Gasteiger partial charge is 0.464 e. The van der Waals surface area contributed by atoms with Gasteiger partial charge in [-0.15, -0.1) is 0 Å². The van der Waals surface area contributed by atoms with Crippen molar-refractivity contribution in [2.75, 3.05) is 10.6 Å². The lowest BCUT2D eigenvalue weighted by Gasteiger charge is -2.15. The summed E-state index contributed by atoms with van der Waals surface area (Å²) >= 11 is 0. The number of aromatic nitrogens is 2. The first-order chi connectivity index (χ1) is 16.8. The summed E-state index contributed by atoms with van der Waals surface area (Å²) in [6, 6.07) is 22.4. The molecule has 0 radical (unpaired) electrons. The first kappa shape index (κ1) is 20.1. The van der Waals surface area contributed by atoms with E-state index in [1.165, 1.54) is 0 Å². The molecule has 0 unspecified atom stereocenters. The van der Waals surface area contributed by atoms with Crippen LogP contribution in [0.25, 0.3) is 33.2 Å². The summed E-state index contributed by atoms with van der Waals surface area (Å²) in [7, 11) is 0. The molecule has 0 saturated carbocycles. The number of hydrogen-bond donors (Lipinski definition) is 2. The van der Waals surface area contributed by atoms with Crippen LogP contribution in [-0.4, -0.2) is 9.97 Å². The maximum absolute atomic E-state index is 5.54. The molecule has 0 spiro atoms. The van der Waals surface area contributed by atoms with Crippen molar-refractivity contribution in [3.05, 3.63) is 109 Å². The SMILES string of the molecule is c1cnc(-c2ccncc2NCc2ccc3occc3c2)c(NCc2ccc3ccoc3c2)c1. The van der Waals surface area contributed by atoms with Gasteiger partial charge >= 0.3 is 0 Å². The highest BCUT2D eigenvalue weighted by Gasteiger charge is 2.12. The smallest absolute Gasteiger partial charge is 0.134 e. The van der Waals surface area contributed by atoms with Gasteiger partial charge in [0.15, 0.2) is 0 Å². The van der Waals surface area contributed by atoms with Crippen molar-refractivity contribution in [2.24, 2.45) is 0 Å². The molecule has 0 aliphatic carbocycles. The van der Waals surface area contributed by atoms with Crippen LogP contribution in [-0.2, 0) is 13.1 Å². The Morgan fingerprint density at radius 1 is 0.676 bits per heavy atom. The van der Waals surface area contributed by atoms with Gasteiger partial charge < -0.3 is 19.5 Å². The zero-order chi connectivity index (χ0) is 22.7. The van der Waals surface area contributed by atoms with E-state index in [1.807, 2.05) is 48.8 Å². The molecule has 2 N–H and O–H groups in total. The van der Waals surface area contributed by atoms with Crippen molar-refractivity contribution < 1.29 is 8.83 Å². The topological polar surface area (TPSA) is 76.1 Å². The summed E-state index contributed by atoms with van der Waals surface area (Å²) in [6.07, 6.45) is 8.87. The molecule has 4 aromatic heterocycles. The van der Waals surface area contributed by atoms with Crippen LogP contribution in [0.5, 0.6) is 0 Å². The fraction of sp³-hybridized carbons (Fsp3) is 0.0714. The molecule has 0 aliphatic rings. The summed E-state index contributed by atoms with van der Waals surface area (Å²) in [5.74, 6) is 0. The van der Waals surface area contributed by atoms with E-state index in [2.05, 4.69) is 45.9 Å². The normalized spacial score (nSPS) is 11.2. The van der Waals surface area contributed by atoms with Crippen molar-refractivity contribution in [3.8, 4) is 11.3 Å². The van der Waals surface area contributed by atoms with Gasteiger partial charge in [-0.2, -0.15) is 0 Å². The molecule has 0 fully saturated rings. The quantitative estimate of drug-likeness (QED) is 0.279. The molecule has 34 heavy (non-hydrogen) atoms. The second-order valence-corrected chi connectivity index (χ2v) is 8.11. The molecule has 0 aliphatic heterocycles. The van der Waals surface area contributed by atoms with Crippen molar-refractivity contribution >= 4 is 33.3 Å². The van der Waals surface area contributed by atoms with E-state index in [0.717, 1.165) is 55.7 Å². The molecule has 0 atom stereocenters. The van der Waals surface area contributed by atoms with Gasteiger partial charge in [0.1, 0.15) is 11.2 Å². The molecule has 4 heterocycles. The van der Waals surface area contributed by atoms with Gasteiger partial charge in [0.2, 0.25) is 0 Å². The first-order valence-electron chi connectivity index (χ1n) is 11.1. The van der Waals surface area contributed by atoms with Crippen LogP contribution in [0.4, 0.5) is 11.4 Å². The molecule has 2 aromatic carbocycles. The third-order valence-electron chi connectivity index (χ3n) is 5.89. The standard InChI is InChI=1S/C28H22N4O2/c1-2-24(31-17-20-3-5-21-8-12-34-27(21)15-20)28(30-10-1)23-7-11-29-18-25(23)32-16-19-4-6-26-22(14-19)9-13-33-26/h1-15,18,31-32H,16-17H2. The van der Waals surface area contributed by atoms with Crippen LogP contribution in [0.15, 0.2) is 107 Å². The van der Waals surface area contributed by atoms with Crippen LogP contribution in [0.1, 0.15) is 11.1 Å². The summed E-state index contributed by atoms with van der Waals surface area (Å²) in [5, 5.41) is 9.26. The van der Waals surface area contributed by atoms with Crippen molar-refractivity contribution in [3.63, 3.8) is 0 Å². The Morgan fingerprint density at radius 2 is 1.47 bits per heavy atom. The molecule has 0 saturated heterocycles. The van der Waals surface area contributed by atoms with E-state index in [9.17, 15) is 0 Å². The number of furan rings is 2. The number of anilines is 2. The summed E-state index contributed by atoms with van der Waals surface area (Å²) in [6.45, 7) is 1.33. The fourth-order valence-corrected chi connectivity index (χ4v) is 4.13. The zero-order valence-electron chi connectivity index (χ0n) is 18.4. The highest BCUT2D eigenvalue weighted by atomic mass is 16.3. The number of pyridine rings is 2. The molecular formula is C28H22N4O2. The Hall–Kier alpha value is -4.58. The van der Waals surface area contributed by atoms with Crippen molar-refractivity contribution in [1.82, 2.24) is 9.97 Å². The van der Waals surface area contributed by atoms with E-state index in [1.54, 1.807) is 18.7 Å². The van der Waals surface area contributed by atoms with Gasteiger partial charge in [0.25, 0.3) is 0 Å². The number of nitrogens with one attached hydrogen (secondary N) is 2. The van der Waals surface area contributed by atoms with Crippen LogP contribution in [0.3, 0.4) is 0 Å². The second kappa shape index (κ2) is 8.75. The van der Waals surface area contributed by atoms with E-state index in [4.69, 9.17) is 13.8 Å². The van der Waals surface area contributed by atoms with Crippen LogP contribution in [0, 0.1) is 0 Å². The van der Waals surface area contributed by atoms with E-state index >= 15 is 0 Å². The number of benzene rings is 2. The Bertz CT molecular complexity index is 1460. The van der Waals surface area contributed by atoms with Crippen LogP contribution >= 0.6 is 0 Å². The lowest BCUT2D eigenvalue weighted by Crippen LogP contribution is -2.05. The highest BCUT2D eigenvalue weighted by molar-refractivity contribution is 5.83. The molecule has 166 valence electrons. The monoisotopic (exact) mass is 446 g/mol. The van der Waals surface area contributed by atoms with Crippen LogP contribution < -0.4 is 10.6 Å². The number of rotatable bonds is 7. The fourth-order valence-electron chi connectivity index (χ4n) is 4.13. The zero-order valence-corrected chi connectivity index (χ0v) is 18.4. The average molecular weight is 447 g/mol. The van der Waals surface area contributed by atoms with Gasteiger partial charge in [0.05, 0.1) is 35.8 Å². The van der Waals surface area contributed by atoms with Crippen molar-refractivity contribution in [2.45, 2.75) is 13.1 Å². The molecule has 0 bridgehead atoms. The van der Waals surface area contributed by atoms with Crippen LogP contribution in [0.2, 0.25) is 0 Å². The van der Waals surface area contributed by atoms with Gasteiger partial charge in [-0.1, -0.05) is 18.2 Å². The Kier molecular flexibility index (Phi) is 5.16. The van der Waals surface area contributed by atoms with E-state index < -0.39 is 0 Å². The Labute approximate surface area is 196 Å². The predicted octanol–water partition coefficient (Wildman–Crippen LogP) is 6.86. The first-order valence-corrected chi connectivity index (χ1v) is 11.1. The van der Waals surface area contributed by atoms with Gasteiger partial charge in [-0.25, -0.2) is 0 Å². The molecule has 0 amide bonds. The van der Waals surface area contributed by atoms with E-state index in [0.29, 0.717) is 13.1 Å². The predicted molar refractivity (Wildman–Crippen MR) is 135 cm³/mol. The van der Waals surface area contributed by atoms with Gasteiger partial charge in [-0.3, -0.25) is 9.97 Å². The molecule has 6 heteroatoms.